The molecule has 4 nitrogen and oxygen atoms in total. The van der Waals surface area contributed by atoms with Crippen LogP contribution in [0.1, 0.15) is 31.9 Å². The normalized spacial score (nSPS) is 22.4. The number of rotatable bonds is 4. The summed E-state index contributed by atoms with van der Waals surface area (Å²) in [5, 5.41) is 0. The number of hydrogen-bond acceptors (Lipinski definition) is 4. The van der Waals surface area contributed by atoms with Crippen molar-refractivity contribution in [1.29, 1.82) is 0 Å². The quantitative estimate of drug-likeness (QED) is 0.851. The van der Waals surface area contributed by atoms with Crippen molar-refractivity contribution in [3.63, 3.8) is 0 Å². The molecule has 1 aliphatic carbocycles. The zero-order valence-electron chi connectivity index (χ0n) is 10.4. The molecule has 17 heavy (non-hydrogen) atoms. The zero-order valence-corrected chi connectivity index (χ0v) is 10.4. The van der Waals surface area contributed by atoms with Crippen LogP contribution in [-0.4, -0.2) is 28.6 Å². The molecule has 0 spiro atoms. The first-order valence-electron chi connectivity index (χ1n) is 6.56. The minimum Gasteiger partial charge on any atom is -0.353 e. The second-order valence-corrected chi connectivity index (χ2v) is 5.48. The number of aromatic nitrogens is 2. The van der Waals surface area contributed by atoms with E-state index in [0.29, 0.717) is 0 Å². The van der Waals surface area contributed by atoms with E-state index in [-0.39, 0.29) is 5.54 Å². The highest BCUT2D eigenvalue weighted by Gasteiger charge is 2.50. The largest absolute Gasteiger partial charge is 0.353 e. The van der Waals surface area contributed by atoms with E-state index in [0.717, 1.165) is 43.4 Å². The van der Waals surface area contributed by atoms with Gasteiger partial charge in [0, 0.05) is 24.8 Å². The maximum atomic E-state index is 6.35. The van der Waals surface area contributed by atoms with E-state index in [1.807, 2.05) is 0 Å². The van der Waals surface area contributed by atoms with E-state index in [1.54, 1.807) is 6.33 Å². The van der Waals surface area contributed by atoms with Crippen molar-refractivity contribution in [2.45, 2.75) is 38.1 Å². The molecule has 1 saturated carbocycles. The Morgan fingerprint density at radius 2 is 2.18 bits per heavy atom. The van der Waals surface area contributed by atoms with E-state index >= 15 is 0 Å². The lowest BCUT2D eigenvalue weighted by molar-refractivity contribution is 0.289. The summed E-state index contributed by atoms with van der Waals surface area (Å²) < 4.78 is 0. The molecule has 1 saturated heterocycles. The molecule has 1 aliphatic heterocycles. The Balaban J connectivity index is 1.67. The van der Waals surface area contributed by atoms with Crippen LogP contribution in [0.4, 0.5) is 5.82 Å². The van der Waals surface area contributed by atoms with Crippen LogP contribution in [0.2, 0.25) is 0 Å². The van der Waals surface area contributed by atoms with Gasteiger partial charge in [0.05, 0.1) is 5.54 Å². The fourth-order valence-electron chi connectivity index (χ4n) is 2.69. The van der Waals surface area contributed by atoms with Crippen molar-refractivity contribution in [3.8, 4) is 0 Å². The summed E-state index contributed by atoms with van der Waals surface area (Å²) in [6.45, 7) is 4.09. The average molecular weight is 232 g/mol. The fourth-order valence-corrected chi connectivity index (χ4v) is 2.69. The van der Waals surface area contributed by atoms with E-state index < -0.39 is 0 Å². The van der Waals surface area contributed by atoms with Crippen LogP contribution >= 0.6 is 0 Å². The van der Waals surface area contributed by atoms with Gasteiger partial charge in [0.25, 0.3) is 0 Å². The average Bonchev–Trinajstić information content (AvgIpc) is 3.10. The van der Waals surface area contributed by atoms with Crippen LogP contribution in [0.3, 0.4) is 0 Å². The molecule has 1 aromatic heterocycles. The van der Waals surface area contributed by atoms with Gasteiger partial charge >= 0.3 is 0 Å². The molecular formula is C13H20N4. The van der Waals surface area contributed by atoms with Gasteiger partial charge in [-0.3, -0.25) is 0 Å². The topological polar surface area (TPSA) is 55.0 Å². The maximum Gasteiger partial charge on any atom is 0.132 e. The summed E-state index contributed by atoms with van der Waals surface area (Å²) in [7, 11) is 0. The molecule has 2 aliphatic rings. The fraction of sp³-hybridized carbons (Fsp3) is 0.692. The monoisotopic (exact) mass is 232 g/mol. The smallest absolute Gasteiger partial charge is 0.132 e. The standard InChI is InChI=1S/C13H20N4/c1-2-3-11-6-12(16-9-15-11)17-7-13(14,8-17)10-4-5-10/h6,9-10H,2-5,7-8,14H2,1H3. The molecule has 0 atom stereocenters. The Morgan fingerprint density at radius 1 is 1.41 bits per heavy atom. The van der Waals surface area contributed by atoms with Gasteiger partial charge in [0.2, 0.25) is 0 Å². The summed E-state index contributed by atoms with van der Waals surface area (Å²) in [6.07, 6.45) is 6.46. The van der Waals surface area contributed by atoms with Gasteiger partial charge in [-0.2, -0.15) is 0 Å². The molecule has 0 aromatic carbocycles. The van der Waals surface area contributed by atoms with Crippen molar-refractivity contribution < 1.29 is 0 Å². The predicted molar refractivity (Wildman–Crippen MR) is 67.9 cm³/mol. The first-order valence-corrected chi connectivity index (χ1v) is 6.56. The minimum absolute atomic E-state index is 0.0653. The Hall–Kier alpha value is -1.16. The van der Waals surface area contributed by atoms with Crippen molar-refractivity contribution in [2.24, 2.45) is 11.7 Å². The van der Waals surface area contributed by atoms with Gasteiger partial charge in [-0.1, -0.05) is 13.3 Å². The summed E-state index contributed by atoms with van der Waals surface area (Å²) in [5.41, 5.74) is 7.55. The van der Waals surface area contributed by atoms with Crippen molar-refractivity contribution in [2.75, 3.05) is 18.0 Å². The predicted octanol–water partition coefficient (Wildman–Crippen LogP) is 1.36. The van der Waals surface area contributed by atoms with Crippen LogP contribution in [0, 0.1) is 5.92 Å². The van der Waals surface area contributed by atoms with Gasteiger partial charge in [0.15, 0.2) is 0 Å². The first-order chi connectivity index (χ1) is 8.21. The Morgan fingerprint density at radius 3 is 2.82 bits per heavy atom. The number of nitrogens with zero attached hydrogens (tertiary/aromatic N) is 3. The lowest BCUT2D eigenvalue weighted by Gasteiger charge is -2.49. The van der Waals surface area contributed by atoms with Crippen molar-refractivity contribution in [1.82, 2.24) is 9.97 Å². The Labute approximate surface area is 102 Å². The number of hydrogen-bond donors (Lipinski definition) is 1. The molecule has 1 aromatic rings. The van der Waals surface area contributed by atoms with Crippen molar-refractivity contribution >= 4 is 5.82 Å². The molecule has 0 amide bonds. The van der Waals surface area contributed by atoms with Gasteiger partial charge in [-0.25, -0.2) is 9.97 Å². The van der Waals surface area contributed by atoms with Gasteiger partial charge in [-0.05, 0) is 25.2 Å². The van der Waals surface area contributed by atoms with Crippen LogP contribution in [0.15, 0.2) is 12.4 Å². The van der Waals surface area contributed by atoms with Gasteiger partial charge in [0.1, 0.15) is 12.1 Å². The molecule has 2 fully saturated rings. The SMILES string of the molecule is CCCc1cc(N2CC(N)(C3CC3)C2)ncn1. The number of aryl methyl sites for hydroxylation is 1. The van der Waals surface area contributed by atoms with E-state index in [1.165, 1.54) is 12.8 Å². The molecule has 92 valence electrons. The third kappa shape index (κ3) is 2.02. The third-order valence-corrected chi connectivity index (χ3v) is 3.90. The lowest BCUT2D eigenvalue weighted by Crippen LogP contribution is -2.69. The zero-order chi connectivity index (χ0) is 11.9. The molecule has 0 unspecified atom stereocenters. The van der Waals surface area contributed by atoms with Crippen LogP contribution < -0.4 is 10.6 Å². The molecule has 2 N–H and O–H groups in total. The summed E-state index contributed by atoms with van der Waals surface area (Å²) in [5.74, 6) is 1.81. The Bertz CT molecular complexity index is 408. The van der Waals surface area contributed by atoms with Crippen molar-refractivity contribution in [3.05, 3.63) is 18.1 Å². The summed E-state index contributed by atoms with van der Waals surface area (Å²) in [6, 6.07) is 2.11. The lowest BCUT2D eigenvalue weighted by atomic mass is 9.86. The molecule has 2 heterocycles. The first kappa shape index (κ1) is 11.0. The summed E-state index contributed by atoms with van der Waals surface area (Å²) in [4.78, 5) is 10.9. The highest BCUT2D eigenvalue weighted by Crippen LogP contribution is 2.43. The molecule has 0 bridgehead atoms. The minimum atomic E-state index is 0.0653. The highest BCUT2D eigenvalue weighted by atomic mass is 15.3. The number of nitrogens with two attached hydrogens (primary N) is 1. The second-order valence-electron chi connectivity index (χ2n) is 5.48. The van der Waals surface area contributed by atoms with Gasteiger partial charge in [-0.15, -0.1) is 0 Å². The molecule has 4 heteroatoms. The van der Waals surface area contributed by atoms with Gasteiger partial charge < -0.3 is 10.6 Å². The summed E-state index contributed by atoms with van der Waals surface area (Å²) >= 11 is 0. The highest BCUT2D eigenvalue weighted by molar-refractivity contribution is 5.45. The van der Waals surface area contributed by atoms with E-state index in [9.17, 15) is 0 Å². The second kappa shape index (κ2) is 3.95. The van der Waals surface area contributed by atoms with E-state index in [4.69, 9.17) is 5.73 Å². The molecular weight excluding hydrogens is 212 g/mol. The maximum absolute atomic E-state index is 6.35. The number of anilines is 1. The Kier molecular flexibility index (Phi) is 2.54. The van der Waals surface area contributed by atoms with Crippen LogP contribution in [0.25, 0.3) is 0 Å². The van der Waals surface area contributed by atoms with Crippen LogP contribution in [-0.2, 0) is 6.42 Å². The van der Waals surface area contributed by atoms with E-state index in [2.05, 4.69) is 27.9 Å². The van der Waals surface area contributed by atoms with Crippen LogP contribution in [0.5, 0.6) is 0 Å². The molecule has 0 radical (unpaired) electrons. The third-order valence-electron chi connectivity index (χ3n) is 3.90. The molecule has 3 rings (SSSR count).